The number of allylic oxidation sites excluding steroid dienone is 1. The fourth-order valence-corrected chi connectivity index (χ4v) is 1.74. The Morgan fingerprint density at radius 2 is 2.00 bits per heavy atom. The number of rotatable bonds is 2. The number of hydrogen-bond acceptors (Lipinski definition) is 2. The van der Waals surface area contributed by atoms with Gasteiger partial charge in [0, 0.05) is 0 Å². The van der Waals surface area contributed by atoms with Gasteiger partial charge in [0.1, 0.15) is 0 Å². The normalized spacial score (nSPS) is 8.62. The highest BCUT2D eigenvalue weighted by molar-refractivity contribution is 7.12. The van der Waals surface area contributed by atoms with E-state index in [1.54, 1.807) is 11.3 Å². The molecule has 0 amide bonds. The molecule has 0 saturated carbocycles. The summed E-state index contributed by atoms with van der Waals surface area (Å²) in [6.45, 7) is 15.5. The molecular formula is C11H17NS. The van der Waals surface area contributed by atoms with E-state index in [0.717, 1.165) is 21.2 Å². The standard InChI is InChI=1S/C9H11NS.C2H6/c1-5-8-9(6(2)3)10-7(4)11-8;1-2/h5H,1-2H2,3-4H3;1-2H3. The van der Waals surface area contributed by atoms with Gasteiger partial charge < -0.3 is 0 Å². The molecule has 72 valence electrons. The summed E-state index contributed by atoms with van der Waals surface area (Å²) in [6, 6.07) is 0. The first-order chi connectivity index (χ1) is 6.15. The fourth-order valence-electron chi connectivity index (χ4n) is 0.887. The first-order valence-electron chi connectivity index (χ1n) is 4.41. The predicted molar refractivity (Wildman–Crippen MR) is 63.0 cm³/mol. The summed E-state index contributed by atoms with van der Waals surface area (Å²) in [6.07, 6.45) is 1.83. The smallest absolute Gasteiger partial charge is 0.0907 e. The zero-order chi connectivity index (χ0) is 10.4. The molecule has 1 rings (SSSR count). The molecule has 0 aromatic carbocycles. The number of nitrogens with zero attached hydrogens (tertiary/aromatic N) is 1. The van der Waals surface area contributed by atoms with Gasteiger partial charge in [-0.25, -0.2) is 4.98 Å². The SMILES string of the molecule is C=Cc1sc(C)nc1C(=C)C.CC. The van der Waals surface area contributed by atoms with Crippen LogP contribution in [0.25, 0.3) is 11.6 Å². The molecule has 13 heavy (non-hydrogen) atoms. The van der Waals surface area contributed by atoms with E-state index in [1.165, 1.54) is 0 Å². The van der Waals surface area contributed by atoms with E-state index in [9.17, 15) is 0 Å². The summed E-state index contributed by atoms with van der Waals surface area (Å²) in [5.74, 6) is 0. The highest BCUT2D eigenvalue weighted by Gasteiger charge is 2.05. The van der Waals surface area contributed by atoms with Gasteiger partial charge in [-0.3, -0.25) is 0 Å². The van der Waals surface area contributed by atoms with Crippen molar-refractivity contribution in [3.8, 4) is 0 Å². The lowest BCUT2D eigenvalue weighted by Crippen LogP contribution is -1.80. The molecule has 0 saturated heterocycles. The van der Waals surface area contributed by atoms with Gasteiger partial charge in [0.15, 0.2) is 0 Å². The van der Waals surface area contributed by atoms with Crippen molar-refractivity contribution in [3.05, 3.63) is 28.7 Å². The third-order valence-electron chi connectivity index (χ3n) is 1.35. The van der Waals surface area contributed by atoms with Crippen LogP contribution < -0.4 is 0 Å². The zero-order valence-corrected chi connectivity index (χ0v) is 9.66. The van der Waals surface area contributed by atoms with E-state index in [1.807, 2.05) is 33.8 Å². The van der Waals surface area contributed by atoms with Crippen LogP contribution in [-0.2, 0) is 0 Å². The highest BCUT2D eigenvalue weighted by atomic mass is 32.1. The first kappa shape index (κ1) is 12.1. The third kappa shape index (κ3) is 3.15. The molecule has 0 spiro atoms. The van der Waals surface area contributed by atoms with Crippen molar-refractivity contribution in [2.75, 3.05) is 0 Å². The van der Waals surface area contributed by atoms with Crippen molar-refractivity contribution in [1.29, 1.82) is 0 Å². The molecule has 1 heterocycles. The van der Waals surface area contributed by atoms with Gasteiger partial charge in [-0.15, -0.1) is 11.3 Å². The van der Waals surface area contributed by atoms with Crippen molar-refractivity contribution in [2.45, 2.75) is 27.7 Å². The first-order valence-corrected chi connectivity index (χ1v) is 5.22. The summed E-state index contributed by atoms with van der Waals surface area (Å²) in [5, 5.41) is 1.07. The average molecular weight is 195 g/mol. The number of thiazole rings is 1. The van der Waals surface area contributed by atoms with Gasteiger partial charge in [0.2, 0.25) is 0 Å². The van der Waals surface area contributed by atoms with Gasteiger partial charge in [0.25, 0.3) is 0 Å². The molecule has 0 atom stereocenters. The Bertz CT molecular complexity index is 297. The minimum atomic E-state index is 0.988. The van der Waals surface area contributed by atoms with Crippen LogP contribution in [0.4, 0.5) is 0 Å². The molecule has 0 aliphatic carbocycles. The van der Waals surface area contributed by atoms with Crippen LogP contribution in [0.5, 0.6) is 0 Å². The second-order valence-electron chi connectivity index (χ2n) is 2.43. The molecule has 0 unspecified atom stereocenters. The molecule has 1 nitrogen and oxygen atoms in total. The molecule has 0 N–H and O–H groups in total. The second kappa shape index (κ2) is 5.70. The number of aryl methyl sites for hydroxylation is 1. The van der Waals surface area contributed by atoms with E-state index in [4.69, 9.17) is 0 Å². The van der Waals surface area contributed by atoms with E-state index in [2.05, 4.69) is 18.1 Å². The Kier molecular flexibility index (Phi) is 5.31. The lowest BCUT2D eigenvalue weighted by molar-refractivity contribution is 1.25. The fraction of sp³-hybridized carbons (Fsp3) is 0.364. The lowest BCUT2D eigenvalue weighted by Gasteiger charge is -1.92. The maximum atomic E-state index is 4.33. The Balaban J connectivity index is 0.000000671. The summed E-state index contributed by atoms with van der Waals surface area (Å²) >= 11 is 1.65. The molecule has 2 heteroatoms. The van der Waals surface area contributed by atoms with Crippen LogP contribution in [0, 0.1) is 6.92 Å². The topological polar surface area (TPSA) is 12.9 Å². The van der Waals surface area contributed by atoms with E-state index in [0.29, 0.717) is 0 Å². The average Bonchev–Trinajstić information content (AvgIpc) is 2.50. The van der Waals surface area contributed by atoms with Crippen molar-refractivity contribution in [2.24, 2.45) is 0 Å². The maximum Gasteiger partial charge on any atom is 0.0907 e. The lowest BCUT2D eigenvalue weighted by atomic mass is 10.2. The molecule has 0 aliphatic heterocycles. The monoisotopic (exact) mass is 195 g/mol. The second-order valence-corrected chi connectivity index (χ2v) is 3.66. The van der Waals surface area contributed by atoms with E-state index >= 15 is 0 Å². The number of hydrogen-bond donors (Lipinski definition) is 0. The molecule has 1 aromatic rings. The van der Waals surface area contributed by atoms with Crippen molar-refractivity contribution >= 4 is 23.0 Å². The molecule has 0 bridgehead atoms. The predicted octanol–water partition coefficient (Wildman–Crippen LogP) is 4.15. The third-order valence-corrected chi connectivity index (χ3v) is 2.32. The summed E-state index contributed by atoms with van der Waals surface area (Å²) in [5.41, 5.74) is 1.99. The van der Waals surface area contributed by atoms with Crippen molar-refractivity contribution < 1.29 is 0 Å². The van der Waals surface area contributed by atoms with Crippen molar-refractivity contribution in [3.63, 3.8) is 0 Å². The largest absolute Gasteiger partial charge is 0.241 e. The molecule has 0 fully saturated rings. The number of aromatic nitrogens is 1. The van der Waals surface area contributed by atoms with Crippen LogP contribution in [-0.4, -0.2) is 4.98 Å². The maximum absolute atomic E-state index is 4.33. The van der Waals surface area contributed by atoms with Crippen molar-refractivity contribution in [1.82, 2.24) is 4.98 Å². The highest BCUT2D eigenvalue weighted by Crippen LogP contribution is 2.23. The zero-order valence-electron chi connectivity index (χ0n) is 8.85. The Hall–Kier alpha value is -0.890. The Morgan fingerprint density at radius 1 is 1.46 bits per heavy atom. The molecule has 0 aliphatic rings. The van der Waals surface area contributed by atoms with Crippen LogP contribution in [0.3, 0.4) is 0 Å². The minimum Gasteiger partial charge on any atom is -0.241 e. The Morgan fingerprint density at radius 3 is 2.31 bits per heavy atom. The van der Waals surface area contributed by atoms with E-state index < -0.39 is 0 Å². The summed E-state index contributed by atoms with van der Waals surface area (Å²) < 4.78 is 0. The van der Waals surface area contributed by atoms with Crippen LogP contribution in [0.1, 0.15) is 36.3 Å². The van der Waals surface area contributed by atoms with Crippen LogP contribution in [0.2, 0.25) is 0 Å². The summed E-state index contributed by atoms with van der Waals surface area (Å²) in [7, 11) is 0. The van der Waals surface area contributed by atoms with Crippen LogP contribution >= 0.6 is 11.3 Å². The van der Waals surface area contributed by atoms with E-state index in [-0.39, 0.29) is 0 Å². The molecular weight excluding hydrogens is 178 g/mol. The van der Waals surface area contributed by atoms with Gasteiger partial charge >= 0.3 is 0 Å². The van der Waals surface area contributed by atoms with Gasteiger partial charge in [-0.2, -0.15) is 0 Å². The Labute approximate surface area is 84.8 Å². The van der Waals surface area contributed by atoms with Crippen LogP contribution in [0.15, 0.2) is 13.2 Å². The molecule has 1 aromatic heterocycles. The van der Waals surface area contributed by atoms with Gasteiger partial charge in [0.05, 0.1) is 15.6 Å². The quantitative estimate of drug-likeness (QED) is 0.690. The molecule has 0 radical (unpaired) electrons. The minimum absolute atomic E-state index is 0.988. The van der Waals surface area contributed by atoms with Gasteiger partial charge in [-0.05, 0) is 25.5 Å². The van der Waals surface area contributed by atoms with Gasteiger partial charge in [-0.1, -0.05) is 27.0 Å². The summed E-state index contributed by atoms with van der Waals surface area (Å²) in [4.78, 5) is 5.45.